The molecule has 0 aliphatic rings. The lowest BCUT2D eigenvalue weighted by atomic mass is 9.97. The van der Waals surface area contributed by atoms with E-state index in [9.17, 15) is 0 Å². The summed E-state index contributed by atoms with van der Waals surface area (Å²) < 4.78 is 5.52. The molecule has 0 saturated heterocycles. The lowest BCUT2D eigenvalue weighted by molar-refractivity contribution is 0.0571. The number of likely N-dealkylation sites (N-methyl/N-ethyl adjacent to an activating group) is 1. The fraction of sp³-hybridized carbons (Fsp3) is 0.733. The highest BCUT2D eigenvalue weighted by Crippen LogP contribution is 2.26. The summed E-state index contributed by atoms with van der Waals surface area (Å²) in [6.45, 7) is 11.5. The zero-order chi connectivity index (χ0) is 14.6. The molecule has 0 amide bonds. The van der Waals surface area contributed by atoms with E-state index in [1.807, 2.05) is 7.05 Å². The number of hydrogen-bond acceptors (Lipinski definition) is 4. The first-order chi connectivity index (χ1) is 8.92. The Balaban J connectivity index is 3.16. The summed E-state index contributed by atoms with van der Waals surface area (Å²) in [5, 5.41) is 3.21. The van der Waals surface area contributed by atoms with Crippen LogP contribution in [0, 0.1) is 19.8 Å². The van der Waals surface area contributed by atoms with Crippen molar-refractivity contribution in [2.24, 2.45) is 5.92 Å². The SMILES string of the molecule is CNCC(C)c1c(C)nc(C(OC)C(C)C)nc1C. The molecule has 1 aromatic rings. The van der Waals surface area contributed by atoms with Crippen molar-refractivity contribution < 1.29 is 4.74 Å². The summed E-state index contributed by atoms with van der Waals surface area (Å²) in [5.74, 6) is 1.58. The van der Waals surface area contributed by atoms with Gasteiger partial charge in [-0.25, -0.2) is 9.97 Å². The molecule has 108 valence electrons. The van der Waals surface area contributed by atoms with Crippen LogP contribution >= 0.6 is 0 Å². The minimum Gasteiger partial charge on any atom is -0.373 e. The number of ether oxygens (including phenoxy) is 1. The van der Waals surface area contributed by atoms with E-state index < -0.39 is 0 Å². The second-order valence-electron chi connectivity index (χ2n) is 5.53. The third-order valence-corrected chi connectivity index (χ3v) is 3.46. The van der Waals surface area contributed by atoms with Crippen LogP contribution in [0.1, 0.15) is 55.6 Å². The molecule has 0 aliphatic heterocycles. The predicted octanol–water partition coefficient (Wildman–Crippen LogP) is 2.76. The van der Waals surface area contributed by atoms with Crippen molar-refractivity contribution in [2.75, 3.05) is 20.7 Å². The molecule has 1 aromatic heterocycles. The Kier molecular flexibility index (Phi) is 5.88. The topological polar surface area (TPSA) is 47.0 Å². The molecule has 4 nitrogen and oxygen atoms in total. The summed E-state index contributed by atoms with van der Waals surface area (Å²) in [6.07, 6.45) is -0.0361. The van der Waals surface area contributed by atoms with Gasteiger partial charge >= 0.3 is 0 Å². The maximum atomic E-state index is 5.52. The average molecular weight is 265 g/mol. The summed E-state index contributed by atoms with van der Waals surface area (Å²) in [7, 11) is 3.69. The van der Waals surface area contributed by atoms with E-state index in [-0.39, 0.29) is 6.10 Å². The van der Waals surface area contributed by atoms with Crippen LogP contribution in [0.5, 0.6) is 0 Å². The normalized spacial score (nSPS) is 14.7. The van der Waals surface area contributed by atoms with Crippen molar-refractivity contribution in [3.8, 4) is 0 Å². The van der Waals surface area contributed by atoms with Crippen molar-refractivity contribution in [1.29, 1.82) is 0 Å². The largest absolute Gasteiger partial charge is 0.373 e. The number of hydrogen-bond donors (Lipinski definition) is 1. The lowest BCUT2D eigenvalue weighted by Gasteiger charge is -2.22. The second kappa shape index (κ2) is 6.96. The van der Waals surface area contributed by atoms with Gasteiger partial charge in [0.15, 0.2) is 5.82 Å². The standard InChI is InChI=1S/C15H27N3O/c1-9(2)14(19-7)15-17-11(4)13(12(5)18-15)10(3)8-16-6/h9-10,14,16H,8H2,1-7H3. The molecule has 0 bridgehead atoms. The Morgan fingerprint density at radius 2 is 1.63 bits per heavy atom. The van der Waals surface area contributed by atoms with Crippen LogP contribution in [0.25, 0.3) is 0 Å². The maximum Gasteiger partial charge on any atom is 0.157 e. The highest BCUT2D eigenvalue weighted by atomic mass is 16.5. The Morgan fingerprint density at radius 3 is 2.00 bits per heavy atom. The van der Waals surface area contributed by atoms with E-state index >= 15 is 0 Å². The van der Waals surface area contributed by atoms with Crippen LogP contribution in [-0.4, -0.2) is 30.7 Å². The fourth-order valence-corrected chi connectivity index (χ4v) is 2.68. The Morgan fingerprint density at radius 1 is 1.11 bits per heavy atom. The maximum absolute atomic E-state index is 5.52. The quantitative estimate of drug-likeness (QED) is 0.859. The van der Waals surface area contributed by atoms with Gasteiger partial charge in [-0.3, -0.25) is 0 Å². The van der Waals surface area contributed by atoms with E-state index in [4.69, 9.17) is 4.74 Å². The minimum absolute atomic E-state index is 0.0361. The van der Waals surface area contributed by atoms with Crippen molar-refractivity contribution in [3.63, 3.8) is 0 Å². The number of nitrogens with one attached hydrogen (secondary N) is 1. The second-order valence-corrected chi connectivity index (χ2v) is 5.53. The van der Waals surface area contributed by atoms with Crippen LogP contribution in [0.2, 0.25) is 0 Å². The van der Waals surface area contributed by atoms with Crippen LogP contribution in [0.15, 0.2) is 0 Å². The van der Waals surface area contributed by atoms with Crippen molar-refractivity contribution in [1.82, 2.24) is 15.3 Å². The monoisotopic (exact) mass is 265 g/mol. The third-order valence-electron chi connectivity index (χ3n) is 3.46. The van der Waals surface area contributed by atoms with Crippen molar-refractivity contribution >= 4 is 0 Å². The molecule has 19 heavy (non-hydrogen) atoms. The van der Waals surface area contributed by atoms with Gasteiger partial charge in [-0.05, 0) is 38.3 Å². The van der Waals surface area contributed by atoms with Crippen LogP contribution in [0.4, 0.5) is 0 Å². The van der Waals surface area contributed by atoms with Gasteiger partial charge in [0.1, 0.15) is 6.10 Å². The summed E-state index contributed by atoms with van der Waals surface area (Å²) >= 11 is 0. The first kappa shape index (κ1) is 16.1. The van der Waals surface area contributed by atoms with E-state index in [1.165, 1.54) is 5.56 Å². The molecular weight excluding hydrogens is 238 g/mol. The molecule has 0 radical (unpaired) electrons. The van der Waals surface area contributed by atoms with Gasteiger partial charge in [0.2, 0.25) is 0 Å². The van der Waals surface area contributed by atoms with Crippen molar-refractivity contribution in [3.05, 3.63) is 22.8 Å². The van der Waals surface area contributed by atoms with Gasteiger partial charge in [-0.15, -0.1) is 0 Å². The van der Waals surface area contributed by atoms with Crippen LogP contribution < -0.4 is 5.32 Å². The van der Waals surface area contributed by atoms with E-state index in [0.29, 0.717) is 11.8 Å². The molecule has 2 unspecified atom stereocenters. The Labute approximate surface area is 117 Å². The van der Waals surface area contributed by atoms with Crippen LogP contribution in [-0.2, 0) is 4.74 Å². The first-order valence-electron chi connectivity index (χ1n) is 6.94. The van der Waals surface area contributed by atoms with E-state index in [2.05, 4.69) is 49.9 Å². The zero-order valence-electron chi connectivity index (χ0n) is 13.2. The molecule has 0 saturated carbocycles. The van der Waals surface area contributed by atoms with E-state index in [1.54, 1.807) is 7.11 Å². The van der Waals surface area contributed by atoms with E-state index in [0.717, 1.165) is 23.8 Å². The molecule has 0 aliphatic carbocycles. The zero-order valence-corrected chi connectivity index (χ0v) is 13.2. The van der Waals surface area contributed by atoms with Gasteiger partial charge in [0, 0.05) is 25.0 Å². The average Bonchev–Trinajstić information content (AvgIpc) is 2.28. The lowest BCUT2D eigenvalue weighted by Crippen LogP contribution is -2.20. The van der Waals surface area contributed by atoms with Gasteiger partial charge < -0.3 is 10.1 Å². The Hall–Kier alpha value is -1.00. The van der Waals surface area contributed by atoms with Gasteiger partial charge in [0.05, 0.1) is 0 Å². The smallest absolute Gasteiger partial charge is 0.157 e. The van der Waals surface area contributed by atoms with Gasteiger partial charge in [0.25, 0.3) is 0 Å². The Bertz CT molecular complexity index is 395. The fourth-order valence-electron chi connectivity index (χ4n) is 2.68. The van der Waals surface area contributed by atoms with Crippen LogP contribution in [0.3, 0.4) is 0 Å². The highest BCUT2D eigenvalue weighted by Gasteiger charge is 2.21. The third kappa shape index (κ3) is 3.74. The number of rotatable bonds is 6. The number of aromatic nitrogens is 2. The molecule has 0 spiro atoms. The molecule has 1 N–H and O–H groups in total. The van der Waals surface area contributed by atoms with Crippen molar-refractivity contribution in [2.45, 2.75) is 46.6 Å². The molecule has 0 fully saturated rings. The number of aryl methyl sites for hydroxylation is 2. The summed E-state index contributed by atoms with van der Waals surface area (Å²) in [6, 6.07) is 0. The molecule has 4 heteroatoms. The highest BCUT2D eigenvalue weighted by molar-refractivity contribution is 5.28. The molecule has 0 aromatic carbocycles. The molecule has 1 rings (SSSR count). The van der Waals surface area contributed by atoms with Gasteiger partial charge in [-0.1, -0.05) is 20.8 Å². The summed E-state index contributed by atoms with van der Waals surface area (Å²) in [4.78, 5) is 9.33. The van der Waals surface area contributed by atoms with Gasteiger partial charge in [-0.2, -0.15) is 0 Å². The number of methoxy groups -OCH3 is 1. The first-order valence-corrected chi connectivity index (χ1v) is 6.94. The number of nitrogens with zero attached hydrogens (tertiary/aromatic N) is 2. The minimum atomic E-state index is -0.0361. The molecular formula is C15H27N3O. The predicted molar refractivity (Wildman–Crippen MR) is 78.4 cm³/mol. The molecule has 1 heterocycles. The summed E-state index contributed by atoms with van der Waals surface area (Å²) in [5.41, 5.74) is 3.37. The molecule has 2 atom stereocenters.